The monoisotopic (exact) mass is 279 g/mol. The summed E-state index contributed by atoms with van der Waals surface area (Å²) in [7, 11) is 0. The highest BCUT2D eigenvalue weighted by atomic mass is 35.5. The fraction of sp³-hybridized carbons (Fsp3) is 0.750. The third-order valence-corrected chi connectivity index (χ3v) is 1.89. The first-order chi connectivity index (χ1) is 5.74. The van der Waals surface area contributed by atoms with Gasteiger partial charge >= 0.3 is 0 Å². The molecule has 4 nitrogen and oxygen atoms in total. The zero-order valence-electron chi connectivity index (χ0n) is 8.48. The van der Waals surface area contributed by atoms with Crippen LogP contribution in [0.25, 0.3) is 0 Å². The molecule has 0 saturated carbocycles. The van der Waals surface area contributed by atoms with Gasteiger partial charge in [-0.05, 0) is 0 Å². The molecule has 0 saturated heterocycles. The van der Waals surface area contributed by atoms with E-state index >= 15 is 0 Å². The molecule has 0 rings (SSSR count). The van der Waals surface area contributed by atoms with E-state index < -0.39 is 0 Å². The van der Waals surface area contributed by atoms with E-state index in [-0.39, 0.29) is 49.2 Å². The van der Waals surface area contributed by atoms with Crippen LogP contribution in [0, 0.1) is 17.8 Å². The molecule has 0 unspecified atom stereocenters. The Bertz CT molecular complexity index is 151. The van der Waals surface area contributed by atoms with Gasteiger partial charge < -0.3 is 21.9 Å². The van der Waals surface area contributed by atoms with Crippen molar-refractivity contribution in [3.8, 4) is 12.3 Å². The number of terminal acetylenes is 1. The smallest absolute Gasteiger partial charge is 0.107 e. The summed E-state index contributed by atoms with van der Waals surface area (Å²) < 4.78 is 5.14. The van der Waals surface area contributed by atoms with Gasteiger partial charge in [0.05, 0.1) is 6.61 Å². The van der Waals surface area contributed by atoms with E-state index in [0.717, 1.165) is 0 Å². The van der Waals surface area contributed by atoms with Crippen LogP contribution in [0.2, 0.25) is 0 Å². The molecule has 0 bridgehead atoms. The van der Waals surface area contributed by atoms with Crippen LogP contribution in [-0.4, -0.2) is 32.8 Å². The van der Waals surface area contributed by atoms with Crippen molar-refractivity contribution in [3.63, 3.8) is 0 Å². The molecule has 7 heteroatoms. The number of ether oxygens (including phenoxy) is 1. The Labute approximate surface area is 110 Å². The maximum absolute atomic E-state index is 5.52. The Hall–Kier alpha value is 0.270. The fourth-order valence-electron chi connectivity index (χ4n) is 0.753. The van der Waals surface area contributed by atoms with E-state index in [1.165, 1.54) is 0 Å². The lowest BCUT2D eigenvalue weighted by atomic mass is 9.89. The Morgan fingerprint density at radius 3 is 1.67 bits per heavy atom. The van der Waals surface area contributed by atoms with Crippen molar-refractivity contribution in [2.45, 2.75) is 0 Å². The number of halogens is 3. The summed E-state index contributed by atoms with van der Waals surface area (Å²) in [4.78, 5) is 0. The molecule has 0 atom stereocenters. The summed E-state index contributed by atoms with van der Waals surface area (Å²) in [5.74, 6) is 2.37. The number of nitrogens with two attached hydrogens (primary N) is 3. The third kappa shape index (κ3) is 9.21. The molecule has 0 aromatic heterocycles. The molecular weight excluding hydrogens is 260 g/mol. The molecule has 94 valence electrons. The number of hydrogen-bond donors (Lipinski definition) is 3. The maximum atomic E-state index is 5.52. The summed E-state index contributed by atoms with van der Waals surface area (Å²) in [6.07, 6.45) is 5.01. The average molecular weight is 281 g/mol. The largest absolute Gasteiger partial charge is 0.368 e. The number of rotatable bonds is 6. The van der Waals surface area contributed by atoms with E-state index in [1.807, 2.05) is 0 Å². The third-order valence-electron chi connectivity index (χ3n) is 1.89. The van der Waals surface area contributed by atoms with Crippen molar-refractivity contribution in [3.05, 3.63) is 0 Å². The molecule has 15 heavy (non-hydrogen) atoms. The van der Waals surface area contributed by atoms with Crippen LogP contribution in [0.5, 0.6) is 0 Å². The highest BCUT2D eigenvalue weighted by Crippen LogP contribution is 2.11. The second kappa shape index (κ2) is 14.3. The van der Waals surface area contributed by atoms with E-state index in [9.17, 15) is 0 Å². The SMILES string of the molecule is C#CCOCC(CN)(CN)CN.Cl.Cl.Cl. The van der Waals surface area contributed by atoms with Crippen molar-refractivity contribution in [1.82, 2.24) is 0 Å². The zero-order chi connectivity index (χ0) is 9.45. The van der Waals surface area contributed by atoms with Gasteiger partial charge in [-0.15, -0.1) is 43.6 Å². The van der Waals surface area contributed by atoms with Gasteiger partial charge in [0.25, 0.3) is 0 Å². The first-order valence-corrected chi connectivity index (χ1v) is 3.86. The summed E-state index contributed by atoms with van der Waals surface area (Å²) in [5.41, 5.74) is 16.2. The zero-order valence-corrected chi connectivity index (χ0v) is 10.9. The van der Waals surface area contributed by atoms with Gasteiger partial charge in [-0.1, -0.05) is 5.92 Å². The highest BCUT2D eigenvalue weighted by molar-refractivity contribution is 5.86. The lowest BCUT2D eigenvalue weighted by Gasteiger charge is -2.28. The molecule has 0 aromatic rings. The van der Waals surface area contributed by atoms with Crippen molar-refractivity contribution < 1.29 is 4.74 Å². The van der Waals surface area contributed by atoms with Crippen LogP contribution in [0.4, 0.5) is 0 Å². The highest BCUT2D eigenvalue weighted by Gasteiger charge is 2.25. The Kier molecular flexibility index (Phi) is 23.3. The minimum Gasteiger partial charge on any atom is -0.368 e. The van der Waals surface area contributed by atoms with Crippen LogP contribution >= 0.6 is 37.2 Å². The molecular formula is C8H20Cl3N3O. The van der Waals surface area contributed by atoms with Crippen LogP contribution in [0.15, 0.2) is 0 Å². The molecule has 0 radical (unpaired) electrons. The normalized spacial score (nSPS) is 8.93. The molecule has 0 spiro atoms. The Morgan fingerprint density at radius 1 is 1.00 bits per heavy atom. The standard InChI is InChI=1S/C8H17N3O.3ClH/c1-2-3-12-7-8(4-9,5-10)6-11;;;/h1H,3-7,9-11H2;3*1H. The average Bonchev–Trinajstić information content (AvgIpc) is 2.14. The van der Waals surface area contributed by atoms with Crippen LogP contribution in [-0.2, 0) is 4.74 Å². The van der Waals surface area contributed by atoms with E-state index in [2.05, 4.69) is 5.92 Å². The molecule has 0 aliphatic rings. The van der Waals surface area contributed by atoms with Crippen molar-refractivity contribution >= 4 is 37.2 Å². The van der Waals surface area contributed by atoms with Gasteiger partial charge in [-0.25, -0.2) is 0 Å². The fourth-order valence-corrected chi connectivity index (χ4v) is 0.753. The van der Waals surface area contributed by atoms with E-state index in [4.69, 9.17) is 28.4 Å². The molecule has 0 amide bonds. The second-order valence-corrected chi connectivity index (χ2v) is 2.81. The van der Waals surface area contributed by atoms with Crippen LogP contribution in [0.1, 0.15) is 0 Å². The van der Waals surface area contributed by atoms with Gasteiger partial charge in [0, 0.05) is 25.0 Å². The summed E-state index contributed by atoms with van der Waals surface area (Å²) in [6.45, 7) is 1.97. The van der Waals surface area contributed by atoms with Crippen LogP contribution < -0.4 is 17.2 Å². The molecule has 0 aliphatic carbocycles. The molecule has 6 N–H and O–H groups in total. The number of hydrogen-bond acceptors (Lipinski definition) is 4. The summed E-state index contributed by atoms with van der Waals surface area (Å²) in [6, 6.07) is 0. The lowest BCUT2D eigenvalue weighted by molar-refractivity contribution is 0.0766. The predicted octanol–water partition coefficient (Wildman–Crippen LogP) is -0.236. The topological polar surface area (TPSA) is 87.3 Å². The van der Waals surface area contributed by atoms with Crippen molar-refractivity contribution in [1.29, 1.82) is 0 Å². The van der Waals surface area contributed by atoms with Gasteiger partial charge in [0.15, 0.2) is 0 Å². The Balaban J connectivity index is -0.000000202. The molecule has 0 heterocycles. The van der Waals surface area contributed by atoms with Gasteiger partial charge in [-0.3, -0.25) is 0 Å². The minimum absolute atomic E-state index is 0. The molecule has 0 aromatic carbocycles. The van der Waals surface area contributed by atoms with Crippen LogP contribution in [0.3, 0.4) is 0 Å². The maximum Gasteiger partial charge on any atom is 0.107 e. The van der Waals surface area contributed by atoms with Gasteiger partial charge in [-0.2, -0.15) is 0 Å². The van der Waals surface area contributed by atoms with Gasteiger partial charge in [0.2, 0.25) is 0 Å². The first-order valence-electron chi connectivity index (χ1n) is 3.86. The predicted molar refractivity (Wildman–Crippen MR) is 71.0 cm³/mol. The van der Waals surface area contributed by atoms with E-state index in [0.29, 0.717) is 26.2 Å². The van der Waals surface area contributed by atoms with Crippen molar-refractivity contribution in [2.24, 2.45) is 22.6 Å². The Morgan fingerprint density at radius 2 is 1.40 bits per heavy atom. The minimum atomic E-state index is -0.309. The lowest BCUT2D eigenvalue weighted by Crippen LogP contribution is -2.47. The van der Waals surface area contributed by atoms with Crippen molar-refractivity contribution in [2.75, 3.05) is 32.8 Å². The van der Waals surface area contributed by atoms with E-state index in [1.54, 1.807) is 0 Å². The summed E-state index contributed by atoms with van der Waals surface area (Å²) in [5, 5.41) is 0. The molecule has 0 aliphatic heterocycles. The first kappa shape index (κ1) is 24.5. The molecule has 0 fully saturated rings. The summed E-state index contributed by atoms with van der Waals surface area (Å²) >= 11 is 0. The second-order valence-electron chi connectivity index (χ2n) is 2.81. The van der Waals surface area contributed by atoms with Gasteiger partial charge in [0.1, 0.15) is 6.61 Å². The quantitative estimate of drug-likeness (QED) is 0.463.